The Labute approximate surface area is 155 Å². The quantitative estimate of drug-likeness (QED) is 0.606. The number of rotatable bonds is 4. The fourth-order valence-corrected chi connectivity index (χ4v) is 3.37. The molecule has 27 heavy (non-hydrogen) atoms. The van der Waals surface area contributed by atoms with Crippen molar-refractivity contribution in [3.05, 3.63) is 48.2 Å². The van der Waals surface area contributed by atoms with Crippen molar-refractivity contribution in [1.82, 2.24) is 4.98 Å². The molecule has 1 aliphatic carbocycles. The molecule has 0 saturated heterocycles. The molecule has 5 N–H and O–H groups in total. The Morgan fingerprint density at radius 2 is 1.67 bits per heavy atom. The summed E-state index contributed by atoms with van der Waals surface area (Å²) >= 11 is 0. The standard InChI is InChI=1S/C15H18N2O2.C4H4O4/c16-14(18)19-15(8-2-1-3-9-15)12-5-4-6-13-11(12)7-10-17-13;5-3(6)1-2-4(7)8/h4-7,10,17H,1-3,8-9H2,(H2,16,18);1-2H,(H,5,6)(H,7,8)/b;2-1+. The smallest absolute Gasteiger partial charge is 0.405 e. The Hall–Kier alpha value is -3.29. The topological polar surface area (TPSA) is 143 Å². The molecular formula is C19H22N2O6. The molecule has 2 aromatic rings. The zero-order chi connectivity index (χ0) is 19.9. The van der Waals surface area contributed by atoms with Gasteiger partial charge in [0.25, 0.3) is 0 Å². The number of nitrogens with two attached hydrogens (primary N) is 1. The summed E-state index contributed by atoms with van der Waals surface area (Å²) in [7, 11) is 0. The van der Waals surface area contributed by atoms with Crippen LogP contribution in [0.5, 0.6) is 0 Å². The second kappa shape index (κ2) is 8.88. The maximum absolute atomic E-state index is 11.3. The van der Waals surface area contributed by atoms with Crippen LogP contribution < -0.4 is 5.73 Å². The summed E-state index contributed by atoms with van der Waals surface area (Å²) in [5.74, 6) is -2.51. The largest absolute Gasteiger partial charge is 0.478 e. The number of carboxylic acids is 2. The number of aliphatic carboxylic acids is 2. The van der Waals surface area contributed by atoms with Crippen molar-refractivity contribution in [2.75, 3.05) is 0 Å². The summed E-state index contributed by atoms with van der Waals surface area (Å²) < 4.78 is 5.57. The number of aromatic amines is 1. The molecule has 0 aliphatic heterocycles. The molecule has 0 bridgehead atoms. The number of carbonyl (C=O) groups excluding carboxylic acids is 1. The van der Waals surface area contributed by atoms with Gasteiger partial charge in [0.1, 0.15) is 5.60 Å². The first-order chi connectivity index (χ1) is 12.8. The van der Waals surface area contributed by atoms with Gasteiger partial charge < -0.3 is 25.7 Å². The van der Waals surface area contributed by atoms with Crippen LogP contribution in [0.25, 0.3) is 10.9 Å². The van der Waals surface area contributed by atoms with Crippen LogP contribution in [0.4, 0.5) is 4.79 Å². The molecule has 0 atom stereocenters. The minimum Gasteiger partial charge on any atom is -0.478 e. The Morgan fingerprint density at radius 1 is 1.04 bits per heavy atom. The van der Waals surface area contributed by atoms with Crippen LogP contribution in [0, 0.1) is 0 Å². The SMILES string of the molecule is NC(=O)OC1(c2cccc3[nH]ccc23)CCCCC1.O=C(O)/C=C/C(=O)O. The van der Waals surface area contributed by atoms with Crippen molar-refractivity contribution >= 4 is 28.9 Å². The average molecular weight is 374 g/mol. The van der Waals surface area contributed by atoms with Crippen LogP contribution >= 0.6 is 0 Å². The van der Waals surface area contributed by atoms with Crippen molar-refractivity contribution in [3.63, 3.8) is 0 Å². The van der Waals surface area contributed by atoms with Crippen molar-refractivity contribution in [3.8, 4) is 0 Å². The third kappa shape index (κ3) is 5.34. The molecule has 0 unspecified atom stereocenters. The Morgan fingerprint density at radius 3 is 2.22 bits per heavy atom. The summed E-state index contributed by atoms with van der Waals surface area (Å²) in [5.41, 5.74) is 6.89. The first-order valence-electron chi connectivity index (χ1n) is 8.53. The van der Waals surface area contributed by atoms with E-state index in [-0.39, 0.29) is 0 Å². The number of H-pyrrole nitrogens is 1. The van der Waals surface area contributed by atoms with Crippen LogP contribution in [-0.4, -0.2) is 33.2 Å². The molecule has 3 rings (SSSR count). The van der Waals surface area contributed by atoms with Crippen LogP contribution in [0.2, 0.25) is 0 Å². The number of aromatic nitrogens is 1. The van der Waals surface area contributed by atoms with Crippen molar-refractivity contribution in [2.45, 2.75) is 37.7 Å². The van der Waals surface area contributed by atoms with Gasteiger partial charge in [-0.05, 0) is 37.8 Å². The molecule has 8 nitrogen and oxygen atoms in total. The highest BCUT2D eigenvalue weighted by atomic mass is 16.6. The third-order valence-corrected chi connectivity index (χ3v) is 4.41. The van der Waals surface area contributed by atoms with Gasteiger partial charge in [-0.3, -0.25) is 0 Å². The molecule has 8 heteroatoms. The van der Waals surface area contributed by atoms with E-state index in [9.17, 15) is 14.4 Å². The molecule has 1 aromatic heterocycles. The van der Waals surface area contributed by atoms with Crippen LogP contribution in [0.15, 0.2) is 42.6 Å². The van der Waals surface area contributed by atoms with Crippen LogP contribution in [0.3, 0.4) is 0 Å². The molecule has 144 valence electrons. The second-order valence-corrected chi connectivity index (χ2v) is 6.23. The lowest BCUT2D eigenvalue weighted by molar-refractivity contribution is -0.134. The molecule has 1 fully saturated rings. The molecule has 1 aromatic carbocycles. The predicted octanol–water partition coefficient (Wildman–Crippen LogP) is 3.13. The van der Waals surface area contributed by atoms with Crippen molar-refractivity contribution in [1.29, 1.82) is 0 Å². The number of nitrogens with one attached hydrogen (secondary N) is 1. The van der Waals surface area contributed by atoms with E-state index in [1.165, 1.54) is 6.42 Å². The highest BCUT2D eigenvalue weighted by Gasteiger charge is 2.38. The number of hydrogen-bond donors (Lipinski definition) is 4. The van der Waals surface area contributed by atoms with E-state index in [1.807, 2.05) is 30.5 Å². The molecule has 0 radical (unpaired) electrons. The number of hydrogen-bond acceptors (Lipinski definition) is 4. The summed E-state index contributed by atoms with van der Waals surface area (Å²) in [6, 6.07) is 8.10. The van der Waals surface area contributed by atoms with E-state index in [4.69, 9.17) is 20.7 Å². The highest BCUT2D eigenvalue weighted by Crippen LogP contribution is 2.43. The van der Waals surface area contributed by atoms with Gasteiger partial charge in [-0.2, -0.15) is 0 Å². The molecule has 1 saturated carbocycles. The predicted molar refractivity (Wildman–Crippen MR) is 98.1 cm³/mol. The van der Waals surface area contributed by atoms with Gasteiger partial charge in [0, 0.05) is 34.8 Å². The number of fused-ring (bicyclic) bond motifs is 1. The summed E-state index contributed by atoms with van der Waals surface area (Å²) in [6.45, 7) is 0. The average Bonchev–Trinajstić information content (AvgIpc) is 3.09. The molecule has 1 heterocycles. The lowest BCUT2D eigenvalue weighted by Crippen LogP contribution is -2.36. The lowest BCUT2D eigenvalue weighted by atomic mass is 9.78. The minimum atomic E-state index is -1.26. The number of primary amides is 1. The molecule has 1 amide bonds. The van der Waals surface area contributed by atoms with Crippen molar-refractivity contribution < 1.29 is 29.3 Å². The van der Waals surface area contributed by atoms with Crippen LogP contribution in [0.1, 0.15) is 37.7 Å². The van der Waals surface area contributed by atoms with Gasteiger partial charge in [0.05, 0.1) is 0 Å². The van der Waals surface area contributed by atoms with E-state index in [0.717, 1.165) is 42.1 Å². The van der Waals surface area contributed by atoms with Gasteiger partial charge in [-0.15, -0.1) is 0 Å². The Bertz CT molecular complexity index is 833. The van der Waals surface area contributed by atoms with Gasteiger partial charge in [-0.1, -0.05) is 18.6 Å². The minimum absolute atomic E-state index is 0.550. The fourth-order valence-electron chi connectivity index (χ4n) is 3.37. The monoisotopic (exact) mass is 374 g/mol. The van der Waals surface area contributed by atoms with Crippen molar-refractivity contribution in [2.24, 2.45) is 5.73 Å². The first-order valence-corrected chi connectivity index (χ1v) is 8.53. The maximum atomic E-state index is 11.3. The molecular weight excluding hydrogens is 352 g/mol. The van der Waals surface area contributed by atoms with Gasteiger partial charge >= 0.3 is 18.0 Å². The molecule has 0 spiro atoms. The normalized spacial score (nSPS) is 15.7. The second-order valence-electron chi connectivity index (χ2n) is 6.23. The number of carbonyl (C=O) groups is 3. The zero-order valence-electron chi connectivity index (χ0n) is 14.7. The van der Waals surface area contributed by atoms with E-state index in [0.29, 0.717) is 12.2 Å². The highest BCUT2D eigenvalue weighted by molar-refractivity contribution is 5.89. The Balaban J connectivity index is 0.000000279. The van der Waals surface area contributed by atoms with Gasteiger partial charge in [0.2, 0.25) is 0 Å². The lowest BCUT2D eigenvalue weighted by Gasteiger charge is -2.37. The van der Waals surface area contributed by atoms with Gasteiger partial charge in [-0.25, -0.2) is 14.4 Å². The fraction of sp³-hybridized carbons (Fsp3) is 0.316. The van der Waals surface area contributed by atoms with E-state index >= 15 is 0 Å². The maximum Gasteiger partial charge on any atom is 0.405 e. The number of carboxylic acid groups (broad SMARTS) is 2. The van der Waals surface area contributed by atoms with Gasteiger partial charge in [0.15, 0.2) is 0 Å². The molecule has 1 aliphatic rings. The summed E-state index contributed by atoms with van der Waals surface area (Å²) in [5, 5.41) is 16.7. The van der Waals surface area contributed by atoms with E-state index < -0.39 is 23.6 Å². The number of ether oxygens (including phenoxy) is 1. The van der Waals surface area contributed by atoms with E-state index in [2.05, 4.69) is 4.98 Å². The summed E-state index contributed by atoms with van der Waals surface area (Å²) in [4.78, 5) is 33.6. The number of amides is 1. The Kier molecular flexibility index (Phi) is 6.59. The van der Waals surface area contributed by atoms with Crippen LogP contribution in [-0.2, 0) is 19.9 Å². The third-order valence-electron chi connectivity index (χ3n) is 4.41. The number of benzene rings is 1. The summed E-state index contributed by atoms with van der Waals surface area (Å²) in [6.07, 6.45) is 7.35. The van der Waals surface area contributed by atoms with E-state index in [1.54, 1.807) is 0 Å². The zero-order valence-corrected chi connectivity index (χ0v) is 14.7. The first kappa shape index (κ1) is 20.0.